The third kappa shape index (κ3) is 3.50. The number of hydrogen-bond donors (Lipinski definition) is 1. The van der Waals surface area contributed by atoms with Crippen molar-refractivity contribution in [3.05, 3.63) is 27.7 Å². The highest BCUT2D eigenvalue weighted by Gasteiger charge is 2.32. The van der Waals surface area contributed by atoms with Crippen LogP contribution in [0.3, 0.4) is 0 Å². The highest BCUT2D eigenvalue weighted by Crippen LogP contribution is 2.39. The zero-order valence-electron chi connectivity index (χ0n) is 12.3. The summed E-state index contributed by atoms with van der Waals surface area (Å²) < 4.78 is 10.9. The number of ether oxygens (including phenoxy) is 2. The maximum absolute atomic E-state index is 10.4. The SMILES string of the molecule is Oc1c(Cl)cc(Cl)cc1C(N1CCOCC1)N1CCOCC1. The van der Waals surface area contributed by atoms with Gasteiger partial charge in [-0.1, -0.05) is 23.2 Å². The zero-order chi connectivity index (χ0) is 15.5. The number of phenolic OH excluding ortho intramolecular Hbond substituents is 1. The Bertz CT molecular complexity index is 500. The molecule has 122 valence electrons. The van der Waals surface area contributed by atoms with Gasteiger partial charge in [0.05, 0.1) is 37.6 Å². The molecule has 2 aliphatic rings. The molecule has 0 unspecified atom stereocenters. The topological polar surface area (TPSA) is 45.2 Å². The lowest BCUT2D eigenvalue weighted by atomic mass is 10.1. The Morgan fingerprint density at radius 2 is 1.41 bits per heavy atom. The molecule has 22 heavy (non-hydrogen) atoms. The molecular formula is C15H20Cl2N2O3. The Balaban J connectivity index is 1.96. The molecule has 0 saturated carbocycles. The molecule has 1 aromatic rings. The van der Waals surface area contributed by atoms with Crippen molar-refractivity contribution in [3.63, 3.8) is 0 Å². The van der Waals surface area contributed by atoms with Crippen LogP contribution in [-0.2, 0) is 9.47 Å². The van der Waals surface area contributed by atoms with Crippen molar-refractivity contribution >= 4 is 23.2 Å². The number of halogens is 2. The molecule has 1 N–H and O–H groups in total. The molecule has 2 fully saturated rings. The van der Waals surface area contributed by atoms with Crippen LogP contribution in [0.4, 0.5) is 0 Å². The molecule has 0 atom stereocenters. The minimum atomic E-state index is -0.0657. The lowest BCUT2D eigenvalue weighted by Crippen LogP contribution is -2.50. The Kier molecular flexibility index (Phi) is 5.44. The summed E-state index contributed by atoms with van der Waals surface area (Å²) >= 11 is 12.3. The van der Waals surface area contributed by atoms with Gasteiger partial charge in [-0.2, -0.15) is 0 Å². The molecule has 0 radical (unpaired) electrons. The molecular weight excluding hydrogens is 327 g/mol. The predicted molar refractivity (Wildman–Crippen MR) is 85.7 cm³/mol. The normalized spacial score (nSPS) is 21.4. The van der Waals surface area contributed by atoms with Crippen LogP contribution in [0.1, 0.15) is 11.7 Å². The number of nitrogens with zero attached hydrogens (tertiary/aromatic N) is 2. The predicted octanol–water partition coefficient (Wildman–Crippen LogP) is 2.36. The third-order valence-electron chi connectivity index (χ3n) is 4.12. The largest absolute Gasteiger partial charge is 0.506 e. The van der Waals surface area contributed by atoms with Crippen molar-refractivity contribution in [1.29, 1.82) is 0 Å². The lowest BCUT2D eigenvalue weighted by molar-refractivity contribution is -0.0682. The molecule has 3 rings (SSSR count). The van der Waals surface area contributed by atoms with E-state index in [1.807, 2.05) is 0 Å². The van der Waals surface area contributed by atoms with Crippen molar-refractivity contribution in [1.82, 2.24) is 9.80 Å². The van der Waals surface area contributed by atoms with Gasteiger partial charge in [0.25, 0.3) is 0 Å². The molecule has 0 amide bonds. The van der Waals surface area contributed by atoms with Gasteiger partial charge >= 0.3 is 0 Å². The Morgan fingerprint density at radius 1 is 0.909 bits per heavy atom. The summed E-state index contributed by atoms with van der Waals surface area (Å²) in [6.07, 6.45) is -0.0657. The average Bonchev–Trinajstić information content (AvgIpc) is 2.54. The van der Waals surface area contributed by atoms with Crippen LogP contribution in [0.2, 0.25) is 10.0 Å². The zero-order valence-corrected chi connectivity index (χ0v) is 13.8. The number of hydrogen-bond acceptors (Lipinski definition) is 5. The molecule has 2 aliphatic heterocycles. The summed E-state index contributed by atoms with van der Waals surface area (Å²) in [5.74, 6) is 0.106. The minimum Gasteiger partial charge on any atom is -0.506 e. The number of aromatic hydroxyl groups is 1. The summed E-state index contributed by atoms with van der Waals surface area (Å²) in [4.78, 5) is 4.60. The van der Waals surface area contributed by atoms with Crippen LogP contribution in [-0.4, -0.2) is 67.5 Å². The van der Waals surface area contributed by atoms with Gasteiger partial charge in [0.1, 0.15) is 5.75 Å². The first-order valence-electron chi connectivity index (χ1n) is 7.48. The molecule has 2 heterocycles. The van der Waals surface area contributed by atoms with Crippen molar-refractivity contribution < 1.29 is 14.6 Å². The fourth-order valence-corrected chi connectivity index (χ4v) is 3.56. The van der Waals surface area contributed by atoms with E-state index < -0.39 is 0 Å². The molecule has 1 aromatic carbocycles. The summed E-state index contributed by atoms with van der Waals surface area (Å²) in [6, 6.07) is 3.37. The van der Waals surface area contributed by atoms with Gasteiger partial charge in [0, 0.05) is 36.8 Å². The fraction of sp³-hybridized carbons (Fsp3) is 0.600. The monoisotopic (exact) mass is 346 g/mol. The van der Waals surface area contributed by atoms with E-state index in [4.69, 9.17) is 32.7 Å². The van der Waals surface area contributed by atoms with Crippen molar-refractivity contribution in [2.75, 3.05) is 52.6 Å². The van der Waals surface area contributed by atoms with E-state index in [1.54, 1.807) is 12.1 Å². The molecule has 2 saturated heterocycles. The van der Waals surface area contributed by atoms with E-state index in [9.17, 15) is 5.11 Å². The second-order valence-corrected chi connectivity index (χ2v) is 6.34. The van der Waals surface area contributed by atoms with E-state index in [1.165, 1.54) is 0 Å². The smallest absolute Gasteiger partial charge is 0.140 e. The molecule has 0 spiro atoms. The van der Waals surface area contributed by atoms with Crippen LogP contribution < -0.4 is 0 Å². The Labute approximate surface area is 140 Å². The van der Waals surface area contributed by atoms with Crippen molar-refractivity contribution in [2.45, 2.75) is 6.17 Å². The molecule has 5 nitrogen and oxygen atoms in total. The molecule has 0 aliphatic carbocycles. The second-order valence-electron chi connectivity index (χ2n) is 5.50. The fourth-order valence-electron chi connectivity index (χ4n) is 3.05. The Morgan fingerprint density at radius 3 is 1.91 bits per heavy atom. The summed E-state index contributed by atoms with van der Waals surface area (Å²) in [7, 11) is 0. The van der Waals surface area contributed by atoms with E-state index in [2.05, 4.69) is 9.80 Å². The van der Waals surface area contributed by atoms with Crippen LogP contribution in [0, 0.1) is 0 Å². The summed E-state index contributed by atoms with van der Waals surface area (Å²) in [5, 5.41) is 11.3. The lowest BCUT2D eigenvalue weighted by Gasteiger charge is -2.43. The van der Waals surface area contributed by atoms with Gasteiger partial charge in [-0.15, -0.1) is 0 Å². The van der Waals surface area contributed by atoms with Crippen LogP contribution in [0.15, 0.2) is 12.1 Å². The van der Waals surface area contributed by atoms with Gasteiger partial charge in [-0.25, -0.2) is 0 Å². The van der Waals surface area contributed by atoms with Crippen LogP contribution >= 0.6 is 23.2 Å². The minimum absolute atomic E-state index is 0.0657. The maximum Gasteiger partial charge on any atom is 0.140 e. The van der Waals surface area contributed by atoms with Gasteiger partial charge in [0.15, 0.2) is 0 Å². The first-order valence-corrected chi connectivity index (χ1v) is 8.24. The number of rotatable bonds is 3. The standard InChI is InChI=1S/C15H20Cl2N2O3/c16-11-9-12(14(20)13(17)10-11)15(18-1-5-21-6-2-18)19-3-7-22-8-4-19/h9-10,15,20H,1-8H2. The van der Waals surface area contributed by atoms with Gasteiger partial charge in [-0.3, -0.25) is 9.80 Å². The summed E-state index contributed by atoms with van der Waals surface area (Å²) in [5.41, 5.74) is 0.751. The highest BCUT2D eigenvalue weighted by atomic mass is 35.5. The van der Waals surface area contributed by atoms with E-state index in [0.717, 1.165) is 31.7 Å². The molecule has 0 bridgehead atoms. The van der Waals surface area contributed by atoms with Crippen molar-refractivity contribution in [2.24, 2.45) is 0 Å². The number of phenols is 1. The summed E-state index contributed by atoms with van der Waals surface area (Å²) in [6.45, 7) is 6.01. The first-order chi connectivity index (χ1) is 10.7. The quantitative estimate of drug-likeness (QED) is 0.910. The number of benzene rings is 1. The van der Waals surface area contributed by atoms with E-state index in [-0.39, 0.29) is 16.9 Å². The average molecular weight is 347 g/mol. The van der Waals surface area contributed by atoms with E-state index >= 15 is 0 Å². The first kappa shape index (κ1) is 16.3. The number of morpholine rings is 2. The Hall–Kier alpha value is -0.560. The molecule has 7 heteroatoms. The van der Waals surface area contributed by atoms with Crippen molar-refractivity contribution in [3.8, 4) is 5.75 Å². The third-order valence-corrected chi connectivity index (χ3v) is 4.63. The maximum atomic E-state index is 10.4. The highest BCUT2D eigenvalue weighted by molar-refractivity contribution is 6.35. The van der Waals surface area contributed by atoms with Gasteiger partial charge < -0.3 is 14.6 Å². The van der Waals surface area contributed by atoms with E-state index in [0.29, 0.717) is 31.5 Å². The van der Waals surface area contributed by atoms with Gasteiger partial charge in [0.2, 0.25) is 0 Å². The second kappa shape index (κ2) is 7.34. The van der Waals surface area contributed by atoms with Crippen LogP contribution in [0.25, 0.3) is 0 Å². The van der Waals surface area contributed by atoms with Crippen LogP contribution in [0.5, 0.6) is 5.75 Å². The molecule has 0 aromatic heterocycles. The van der Waals surface area contributed by atoms with Gasteiger partial charge in [-0.05, 0) is 12.1 Å².